The summed E-state index contributed by atoms with van der Waals surface area (Å²) in [6.07, 6.45) is 2.40. The van der Waals surface area contributed by atoms with Gasteiger partial charge < -0.3 is 20.3 Å². The van der Waals surface area contributed by atoms with E-state index in [0.717, 1.165) is 19.6 Å². The molecule has 7 heteroatoms. The van der Waals surface area contributed by atoms with Gasteiger partial charge >= 0.3 is 5.82 Å². The Hall–Kier alpha value is -1.63. The fraction of sp³-hybridized carbons (Fsp3) is 0.750. The number of anilines is 1. The van der Waals surface area contributed by atoms with Crippen molar-refractivity contribution in [2.45, 2.75) is 25.8 Å². The van der Waals surface area contributed by atoms with Crippen LogP contribution in [0.2, 0.25) is 0 Å². The molecule has 2 fully saturated rings. The first-order valence-corrected chi connectivity index (χ1v) is 6.74. The third kappa shape index (κ3) is 1.98. The zero-order chi connectivity index (χ0) is 13.6. The Morgan fingerprint density at radius 3 is 2.95 bits per heavy atom. The highest BCUT2D eigenvalue weighted by atomic mass is 16.6. The maximum absolute atomic E-state index is 11.1. The lowest BCUT2D eigenvalue weighted by atomic mass is 9.94. The molecular weight excluding hydrogens is 246 g/mol. The van der Waals surface area contributed by atoms with Crippen LogP contribution in [0.1, 0.15) is 18.7 Å². The number of hydrogen-bond donors (Lipinski definition) is 1. The molecule has 7 nitrogen and oxygen atoms in total. The van der Waals surface area contributed by atoms with Crippen molar-refractivity contribution in [2.75, 3.05) is 24.5 Å². The summed E-state index contributed by atoms with van der Waals surface area (Å²) in [4.78, 5) is 17.0. The topological polar surface area (TPSA) is 76.2 Å². The zero-order valence-corrected chi connectivity index (χ0v) is 11.3. The highest BCUT2D eigenvalue weighted by Gasteiger charge is 2.39. The number of aromatic nitrogens is 2. The molecule has 3 rings (SSSR count). The molecule has 1 aromatic rings. The van der Waals surface area contributed by atoms with Gasteiger partial charge in [-0.25, -0.2) is 0 Å². The Kier molecular flexibility index (Phi) is 2.93. The Bertz CT molecular complexity index is 498. The van der Waals surface area contributed by atoms with Crippen LogP contribution in [0.4, 0.5) is 11.6 Å². The predicted molar refractivity (Wildman–Crippen MR) is 71.3 cm³/mol. The molecule has 0 unspecified atom stereocenters. The molecule has 2 atom stereocenters. The molecule has 104 valence electrons. The third-order valence-corrected chi connectivity index (χ3v) is 4.34. The van der Waals surface area contributed by atoms with Crippen molar-refractivity contribution >= 4 is 11.6 Å². The first-order chi connectivity index (χ1) is 9.08. The number of imidazole rings is 1. The summed E-state index contributed by atoms with van der Waals surface area (Å²) < 4.78 is 1.83. The van der Waals surface area contributed by atoms with E-state index < -0.39 is 0 Å². The maximum Gasteiger partial charge on any atom is 0.406 e. The zero-order valence-electron chi connectivity index (χ0n) is 11.3. The van der Waals surface area contributed by atoms with Gasteiger partial charge in [-0.15, -0.1) is 0 Å². The molecule has 0 radical (unpaired) electrons. The molecule has 0 spiro atoms. The van der Waals surface area contributed by atoms with Crippen LogP contribution in [0.5, 0.6) is 0 Å². The lowest BCUT2D eigenvalue weighted by Gasteiger charge is -2.24. The van der Waals surface area contributed by atoms with Gasteiger partial charge in [-0.05, 0) is 35.2 Å². The third-order valence-electron chi connectivity index (χ3n) is 4.34. The second-order valence-electron chi connectivity index (χ2n) is 5.49. The second kappa shape index (κ2) is 4.48. The van der Waals surface area contributed by atoms with Crippen LogP contribution >= 0.6 is 0 Å². The van der Waals surface area contributed by atoms with Crippen LogP contribution in [0, 0.1) is 23.0 Å². The van der Waals surface area contributed by atoms with Gasteiger partial charge in [-0.3, -0.25) is 4.57 Å². The molecule has 2 aliphatic heterocycles. The Morgan fingerprint density at radius 2 is 2.26 bits per heavy atom. The van der Waals surface area contributed by atoms with Crippen molar-refractivity contribution in [1.82, 2.24) is 14.9 Å². The standard InChI is InChI=1S/C12H19N5O2/c1-8-14-11(17(18)19)12(15(8)2)16-6-9-4-3-5-13-10(9)7-16/h9-10,13H,3-7H2,1-2H3/t9-,10+/m0/s1. The van der Waals surface area contributed by atoms with Crippen LogP contribution in [-0.4, -0.2) is 40.2 Å². The lowest BCUT2D eigenvalue weighted by molar-refractivity contribution is -0.388. The van der Waals surface area contributed by atoms with Crippen LogP contribution in [0.25, 0.3) is 0 Å². The molecule has 0 saturated carbocycles. The molecule has 0 bridgehead atoms. The smallest absolute Gasteiger partial charge is 0.358 e. The van der Waals surface area contributed by atoms with Crippen LogP contribution in [0.15, 0.2) is 0 Å². The number of nitro groups is 1. The van der Waals surface area contributed by atoms with E-state index in [2.05, 4.69) is 15.2 Å². The molecule has 3 heterocycles. The molecule has 19 heavy (non-hydrogen) atoms. The monoisotopic (exact) mass is 265 g/mol. The Balaban J connectivity index is 1.92. The summed E-state index contributed by atoms with van der Waals surface area (Å²) in [7, 11) is 1.85. The SMILES string of the molecule is Cc1nc([N+](=O)[O-])c(N2C[C@@H]3CCCN[C@@H]3C2)n1C. The van der Waals surface area contributed by atoms with Crippen LogP contribution in [0.3, 0.4) is 0 Å². The van der Waals surface area contributed by atoms with Crippen molar-refractivity contribution in [1.29, 1.82) is 0 Å². The predicted octanol–water partition coefficient (Wildman–Crippen LogP) is 0.825. The minimum atomic E-state index is -0.377. The number of fused-ring (bicyclic) bond motifs is 1. The number of aryl methyl sites for hydroxylation is 1. The molecular formula is C12H19N5O2. The fourth-order valence-electron chi connectivity index (χ4n) is 3.28. The van der Waals surface area contributed by atoms with Gasteiger partial charge in [0.25, 0.3) is 0 Å². The average molecular weight is 265 g/mol. The molecule has 0 amide bonds. The highest BCUT2D eigenvalue weighted by molar-refractivity contribution is 5.57. The van der Waals surface area contributed by atoms with Crippen molar-refractivity contribution in [3.05, 3.63) is 15.9 Å². The summed E-state index contributed by atoms with van der Waals surface area (Å²) in [5.41, 5.74) is 0. The van der Waals surface area contributed by atoms with E-state index in [1.165, 1.54) is 12.8 Å². The number of piperidine rings is 1. The van der Waals surface area contributed by atoms with Gasteiger partial charge in [0.2, 0.25) is 11.6 Å². The van der Waals surface area contributed by atoms with E-state index >= 15 is 0 Å². The van der Waals surface area contributed by atoms with Crippen molar-refractivity contribution in [3.8, 4) is 0 Å². The maximum atomic E-state index is 11.1. The molecule has 2 aliphatic rings. The number of rotatable bonds is 2. The minimum absolute atomic E-state index is 0.0151. The largest absolute Gasteiger partial charge is 0.406 e. The lowest BCUT2D eigenvalue weighted by Crippen LogP contribution is -2.40. The average Bonchev–Trinajstić information content (AvgIpc) is 2.91. The van der Waals surface area contributed by atoms with Crippen LogP contribution < -0.4 is 10.2 Å². The summed E-state index contributed by atoms with van der Waals surface area (Å²) in [5.74, 6) is 1.92. The van der Waals surface area contributed by atoms with Gasteiger partial charge in [0.05, 0.1) is 0 Å². The van der Waals surface area contributed by atoms with Gasteiger partial charge in [0, 0.05) is 33.1 Å². The van der Waals surface area contributed by atoms with E-state index in [4.69, 9.17) is 0 Å². The molecule has 1 N–H and O–H groups in total. The number of nitrogens with zero attached hydrogens (tertiary/aromatic N) is 4. The van der Waals surface area contributed by atoms with E-state index in [0.29, 0.717) is 23.6 Å². The normalized spacial score (nSPS) is 26.5. The molecule has 2 saturated heterocycles. The van der Waals surface area contributed by atoms with Crippen molar-refractivity contribution in [2.24, 2.45) is 13.0 Å². The summed E-state index contributed by atoms with van der Waals surface area (Å²) in [5, 5.41) is 14.7. The van der Waals surface area contributed by atoms with E-state index in [-0.39, 0.29) is 10.7 Å². The fourth-order valence-corrected chi connectivity index (χ4v) is 3.28. The minimum Gasteiger partial charge on any atom is -0.358 e. The number of nitrogens with one attached hydrogen (secondary N) is 1. The first kappa shape index (κ1) is 12.4. The Labute approximate surface area is 111 Å². The van der Waals surface area contributed by atoms with Crippen molar-refractivity contribution in [3.63, 3.8) is 0 Å². The van der Waals surface area contributed by atoms with Gasteiger partial charge in [-0.2, -0.15) is 0 Å². The van der Waals surface area contributed by atoms with Gasteiger partial charge in [0.1, 0.15) is 0 Å². The summed E-state index contributed by atoms with van der Waals surface area (Å²) >= 11 is 0. The van der Waals surface area contributed by atoms with Gasteiger partial charge in [0.15, 0.2) is 0 Å². The molecule has 1 aromatic heterocycles. The molecule has 0 aromatic carbocycles. The summed E-state index contributed by atoms with van der Waals surface area (Å²) in [6, 6.07) is 0.462. The second-order valence-corrected chi connectivity index (χ2v) is 5.49. The van der Waals surface area contributed by atoms with Crippen LogP contribution in [-0.2, 0) is 7.05 Å². The highest BCUT2D eigenvalue weighted by Crippen LogP contribution is 2.34. The van der Waals surface area contributed by atoms with E-state index in [1.54, 1.807) is 6.92 Å². The van der Waals surface area contributed by atoms with E-state index in [1.807, 2.05) is 11.6 Å². The summed E-state index contributed by atoms with van der Waals surface area (Å²) in [6.45, 7) is 4.58. The van der Waals surface area contributed by atoms with Crippen molar-refractivity contribution < 1.29 is 4.92 Å². The quantitative estimate of drug-likeness (QED) is 0.633. The van der Waals surface area contributed by atoms with E-state index in [9.17, 15) is 10.1 Å². The number of hydrogen-bond acceptors (Lipinski definition) is 5. The Morgan fingerprint density at radius 1 is 1.47 bits per heavy atom. The van der Waals surface area contributed by atoms with Gasteiger partial charge in [-0.1, -0.05) is 0 Å². The molecule has 0 aliphatic carbocycles. The first-order valence-electron chi connectivity index (χ1n) is 6.74.